The maximum atomic E-state index is 12.8. The minimum absolute atomic E-state index is 0.0445. The Balaban J connectivity index is 2.32. The van der Waals surface area contributed by atoms with Gasteiger partial charge in [0.05, 0.1) is 12.2 Å². The Hall–Kier alpha value is -3.84. The maximum Gasteiger partial charge on any atom is 0.333 e. The van der Waals surface area contributed by atoms with Crippen LogP contribution in [-0.2, 0) is 19.1 Å². The first-order chi connectivity index (χ1) is 14.2. The third kappa shape index (κ3) is 4.76. The van der Waals surface area contributed by atoms with Gasteiger partial charge in [-0.05, 0) is 37.2 Å². The first kappa shape index (κ1) is 22.4. The smallest absolute Gasteiger partial charge is 0.333 e. The van der Waals surface area contributed by atoms with Gasteiger partial charge in [-0.3, -0.25) is 19.9 Å². The number of carbonyl (C=O) groups excluding carboxylic acids is 3. The number of halogens is 1. The Labute approximate surface area is 176 Å². The third-order valence-electron chi connectivity index (χ3n) is 3.99. The normalized spacial score (nSPS) is 15.1. The Bertz CT molecular complexity index is 1050. The van der Waals surface area contributed by atoms with Gasteiger partial charge in [0.1, 0.15) is 23.9 Å². The number of esters is 1. The van der Waals surface area contributed by atoms with Gasteiger partial charge in [0, 0.05) is 16.2 Å². The van der Waals surface area contributed by atoms with Gasteiger partial charge < -0.3 is 4.74 Å². The number of hydrazone groups is 1. The van der Waals surface area contributed by atoms with Crippen LogP contribution in [0.3, 0.4) is 0 Å². The van der Waals surface area contributed by atoms with Gasteiger partial charge >= 0.3 is 5.97 Å². The summed E-state index contributed by atoms with van der Waals surface area (Å²) in [6, 6.07) is 5.96. The van der Waals surface area contributed by atoms with E-state index >= 15 is 0 Å². The topological polar surface area (TPSA) is 141 Å². The molecule has 1 N–H and O–H groups in total. The van der Waals surface area contributed by atoms with E-state index in [4.69, 9.17) is 16.3 Å². The Kier molecular flexibility index (Phi) is 7.17. The van der Waals surface area contributed by atoms with Crippen molar-refractivity contribution in [2.75, 3.05) is 18.6 Å². The second kappa shape index (κ2) is 9.58. The number of nitrogens with one attached hydrogen (secondary N) is 1. The Morgan fingerprint density at radius 3 is 2.67 bits per heavy atom. The molecule has 30 heavy (non-hydrogen) atoms. The Morgan fingerprint density at radius 1 is 1.37 bits per heavy atom. The molecule has 0 aliphatic carbocycles. The zero-order chi connectivity index (χ0) is 22.4. The van der Waals surface area contributed by atoms with Crippen molar-refractivity contribution in [3.05, 3.63) is 51.4 Å². The standard InChI is InChI=1S/C19H16ClN5O5/c1-10(2)19(28)30-7-6-25-17(26)13(9-21)11(3)16(18(25)27)23-22-14-5-4-12(20)8-15(14)24-29/h4-5,8,22H,1,6-7H2,2-3H3/b23-16-. The summed E-state index contributed by atoms with van der Waals surface area (Å²) in [7, 11) is 0. The summed E-state index contributed by atoms with van der Waals surface area (Å²) in [5.74, 6) is -2.30. The van der Waals surface area contributed by atoms with Crippen LogP contribution < -0.4 is 5.43 Å². The van der Waals surface area contributed by atoms with Crippen LogP contribution in [0.2, 0.25) is 5.02 Å². The molecule has 154 valence electrons. The lowest BCUT2D eigenvalue weighted by atomic mass is 9.99. The second-order valence-electron chi connectivity index (χ2n) is 6.11. The number of nitriles is 1. The number of imide groups is 1. The van der Waals surface area contributed by atoms with Crippen LogP contribution in [0.15, 0.2) is 51.8 Å². The molecular weight excluding hydrogens is 414 g/mol. The van der Waals surface area contributed by atoms with E-state index < -0.39 is 17.8 Å². The number of hydrogen-bond donors (Lipinski definition) is 1. The minimum atomic E-state index is -0.827. The van der Waals surface area contributed by atoms with Gasteiger partial charge in [0.25, 0.3) is 11.8 Å². The van der Waals surface area contributed by atoms with E-state index in [0.29, 0.717) is 0 Å². The molecule has 0 spiro atoms. The average molecular weight is 430 g/mol. The minimum Gasteiger partial charge on any atom is -0.460 e. The highest BCUT2D eigenvalue weighted by molar-refractivity contribution is 6.50. The molecule has 2 amide bonds. The lowest BCUT2D eigenvalue weighted by Crippen LogP contribution is -2.48. The predicted molar refractivity (Wildman–Crippen MR) is 109 cm³/mol. The van der Waals surface area contributed by atoms with E-state index in [1.54, 1.807) is 6.07 Å². The SMILES string of the molecule is C=C(C)C(=O)OCCN1C(=O)C(C#N)=C(C)/C(=N/Nc2ccc(Cl)cc2N=O)C1=O. The van der Waals surface area contributed by atoms with Crippen molar-refractivity contribution in [2.45, 2.75) is 13.8 Å². The van der Waals surface area contributed by atoms with E-state index in [2.05, 4.69) is 22.3 Å². The fourth-order valence-corrected chi connectivity index (χ4v) is 2.57. The number of nitroso groups, excluding NO2 is 1. The molecule has 1 aliphatic heterocycles. The quantitative estimate of drug-likeness (QED) is 0.231. The number of hydrogen-bond acceptors (Lipinski definition) is 9. The zero-order valence-corrected chi connectivity index (χ0v) is 16.8. The third-order valence-corrected chi connectivity index (χ3v) is 4.23. The lowest BCUT2D eigenvalue weighted by molar-refractivity contribution is -0.145. The number of rotatable bonds is 7. The van der Waals surface area contributed by atoms with E-state index in [1.165, 1.54) is 32.0 Å². The summed E-state index contributed by atoms with van der Waals surface area (Å²) in [4.78, 5) is 48.4. The van der Waals surface area contributed by atoms with E-state index in [1.807, 2.05) is 0 Å². The van der Waals surface area contributed by atoms with Crippen LogP contribution >= 0.6 is 11.6 Å². The first-order valence-electron chi connectivity index (χ1n) is 8.48. The molecule has 0 bridgehead atoms. The van der Waals surface area contributed by atoms with Crippen molar-refractivity contribution < 1.29 is 19.1 Å². The number of benzene rings is 1. The number of amides is 2. The molecule has 0 unspecified atom stereocenters. The molecule has 2 rings (SSSR count). The molecule has 1 aromatic carbocycles. The molecular formula is C19H16ClN5O5. The van der Waals surface area contributed by atoms with Crippen molar-refractivity contribution in [1.29, 1.82) is 5.26 Å². The second-order valence-corrected chi connectivity index (χ2v) is 6.55. The van der Waals surface area contributed by atoms with Gasteiger partial charge in [0.15, 0.2) is 5.71 Å². The van der Waals surface area contributed by atoms with Crippen LogP contribution in [0, 0.1) is 16.2 Å². The largest absolute Gasteiger partial charge is 0.460 e. The highest BCUT2D eigenvalue weighted by atomic mass is 35.5. The fraction of sp³-hybridized carbons (Fsp3) is 0.211. The monoisotopic (exact) mass is 429 g/mol. The van der Waals surface area contributed by atoms with E-state index in [9.17, 15) is 24.6 Å². The van der Waals surface area contributed by atoms with Gasteiger partial charge in [-0.2, -0.15) is 10.4 Å². The number of ether oxygens (including phenoxy) is 1. The van der Waals surface area contributed by atoms with Crippen LogP contribution in [0.25, 0.3) is 0 Å². The summed E-state index contributed by atoms with van der Waals surface area (Å²) in [6.45, 7) is 5.72. The van der Waals surface area contributed by atoms with Crippen molar-refractivity contribution in [3.63, 3.8) is 0 Å². The Morgan fingerprint density at radius 2 is 2.07 bits per heavy atom. The lowest BCUT2D eigenvalue weighted by Gasteiger charge is -2.26. The first-order valence-corrected chi connectivity index (χ1v) is 8.85. The fourth-order valence-electron chi connectivity index (χ4n) is 2.40. The number of nitrogens with zero attached hydrogens (tertiary/aromatic N) is 4. The highest BCUT2D eigenvalue weighted by Gasteiger charge is 2.37. The van der Waals surface area contributed by atoms with E-state index in [-0.39, 0.29) is 52.0 Å². The molecule has 0 saturated heterocycles. The molecule has 0 saturated carbocycles. The molecule has 10 nitrogen and oxygen atoms in total. The van der Waals surface area contributed by atoms with Crippen LogP contribution in [0.5, 0.6) is 0 Å². The maximum absolute atomic E-state index is 12.8. The molecule has 11 heteroatoms. The van der Waals surface area contributed by atoms with Crippen LogP contribution in [0.4, 0.5) is 11.4 Å². The zero-order valence-electron chi connectivity index (χ0n) is 16.1. The predicted octanol–water partition coefficient (Wildman–Crippen LogP) is 2.83. The summed E-state index contributed by atoms with van der Waals surface area (Å²) in [6.07, 6.45) is 0. The van der Waals surface area contributed by atoms with Crippen molar-refractivity contribution in [1.82, 2.24) is 4.90 Å². The summed E-state index contributed by atoms with van der Waals surface area (Å²) >= 11 is 5.81. The molecule has 0 radical (unpaired) electrons. The van der Waals surface area contributed by atoms with Crippen molar-refractivity contribution in [2.24, 2.45) is 10.3 Å². The van der Waals surface area contributed by atoms with Crippen LogP contribution in [-0.4, -0.2) is 41.5 Å². The molecule has 0 atom stereocenters. The van der Waals surface area contributed by atoms with Gasteiger partial charge in [-0.25, -0.2) is 4.79 Å². The van der Waals surface area contributed by atoms with Gasteiger partial charge in [0.2, 0.25) is 0 Å². The summed E-state index contributed by atoms with van der Waals surface area (Å²) in [5, 5.41) is 16.4. The molecule has 1 aromatic rings. The van der Waals surface area contributed by atoms with Crippen molar-refractivity contribution in [3.8, 4) is 6.07 Å². The number of anilines is 1. The van der Waals surface area contributed by atoms with Gasteiger partial charge in [-0.15, -0.1) is 4.91 Å². The van der Waals surface area contributed by atoms with Crippen LogP contribution in [0.1, 0.15) is 13.8 Å². The molecule has 0 fully saturated rings. The molecule has 1 aliphatic rings. The van der Waals surface area contributed by atoms with Crippen molar-refractivity contribution >= 4 is 46.5 Å². The van der Waals surface area contributed by atoms with Gasteiger partial charge in [-0.1, -0.05) is 18.2 Å². The van der Waals surface area contributed by atoms with E-state index in [0.717, 1.165) is 4.90 Å². The average Bonchev–Trinajstić information content (AvgIpc) is 2.71. The molecule has 0 aromatic heterocycles. The highest BCUT2D eigenvalue weighted by Crippen LogP contribution is 2.28. The summed E-state index contributed by atoms with van der Waals surface area (Å²) < 4.78 is 4.91. The molecule has 1 heterocycles. The summed E-state index contributed by atoms with van der Waals surface area (Å²) in [5.41, 5.74) is 2.37. The number of carbonyl (C=O) groups is 3.